The molecule has 0 saturated heterocycles. The van der Waals surface area contributed by atoms with Crippen molar-refractivity contribution in [2.45, 2.75) is 57.5 Å². The molecule has 1 saturated carbocycles. The lowest BCUT2D eigenvalue weighted by Gasteiger charge is -2.47. The standard InChI is InChI=1S/C10H20F2N2/c1-9(2,8(11)12)10(14)5-3-7(13)4-6-10/h7-8H,3-6,13-14H2,1-2H3. The fourth-order valence-corrected chi connectivity index (χ4v) is 2.02. The van der Waals surface area contributed by atoms with Gasteiger partial charge in [0.1, 0.15) is 0 Å². The molecule has 4 N–H and O–H groups in total. The minimum absolute atomic E-state index is 0.139. The summed E-state index contributed by atoms with van der Waals surface area (Å²) in [6.07, 6.45) is 0.345. The quantitative estimate of drug-likeness (QED) is 0.724. The smallest absolute Gasteiger partial charge is 0.245 e. The van der Waals surface area contributed by atoms with Crippen LogP contribution in [0.25, 0.3) is 0 Å². The van der Waals surface area contributed by atoms with Crippen molar-refractivity contribution in [1.29, 1.82) is 0 Å². The molecular formula is C10H20F2N2. The van der Waals surface area contributed by atoms with E-state index in [0.717, 1.165) is 12.8 Å². The van der Waals surface area contributed by atoms with Crippen molar-refractivity contribution < 1.29 is 8.78 Å². The lowest BCUT2D eigenvalue weighted by Crippen LogP contribution is -2.58. The van der Waals surface area contributed by atoms with Crippen molar-refractivity contribution in [3.8, 4) is 0 Å². The molecule has 0 heterocycles. The van der Waals surface area contributed by atoms with Crippen LogP contribution in [0.15, 0.2) is 0 Å². The second-order valence-corrected chi connectivity index (χ2v) is 5.02. The Bertz CT molecular complexity index is 196. The van der Waals surface area contributed by atoms with Crippen LogP contribution in [0, 0.1) is 5.41 Å². The van der Waals surface area contributed by atoms with E-state index < -0.39 is 17.4 Å². The van der Waals surface area contributed by atoms with E-state index in [0.29, 0.717) is 12.8 Å². The van der Waals surface area contributed by atoms with Crippen LogP contribution in [-0.2, 0) is 0 Å². The first kappa shape index (κ1) is 11.9. The van der Waals surface area contributed by atoms with Gasteiger partial charge in [0.25, 0.3) is 0 Å². The maximum atomic E-state index is 12.8. The summed E-state index contributed by atoms with van der Waals surface area (Å²) in [7, 11) is 0. The third-order valence-corrected chi connectivity index (χ3v) is 3.75. The van der Waals surface area contributed by atoms with Crippen LogP contribution in [0.5, 0.6) is 0 Å². The monoisotopic (exact) mass is 206 g/mol. The van der Waals surface area contributed by atoms with Gasteiger partial charge in [-0.1, -0.05) is 13.8 Å². The first-order valence-corrected chi connectivity index (χ1v) is 5.12. The number of rotatable bonds is 2. The Kier molecular flexibility index (Phi) is 3.17. The molecule has 1 aliphatic carbocycles. The van der Waals surface area contributed by atoms with Gasteiger partial charge in [0.05, 0.1) is 0 Å². The van der Waals surface area contributed by atoms with Gasteiger partial charge < -0.3 is 11.5 Å². The van der Waals surface area contributed by atoms with Crippen molar-refractivity contribution in [2.75, 3.05) is 0 Å². The molecule has 0 unspecified atom stereocenters. The molecule has 84 valence electrons. The summed E-state index contributed by atoms with van der Waals surface area (Å²) in [4.78, 5) is 0. The summed E-state index contributed by atoms with van der Waals surface area (Å²) in [5.74, 6) is 0. The second-order valence-electron chi connectivity index (χ2n) is 5.02. The maximum Gasteiger partial charge on any atom is 0.245 e. The predicted molar refractivity (Wildman–Crippen MR) is 53.1 cm³/mol. The molecule has 14 heavy (non-hydrogen) atoms. The molecule has 0 aliphatic heterocycles. The van der Waals surface area contributed by atoms with Crippen LogP contribution >= 0.6 is 0 Å². The summed E-state index contributed by atoms with van der Waals surface area (Å²) in [6, 6.07) is 0.139. The van der Waals surface area contributed by atoms with Gasteiger partial charge in [-0.15, -0.1) is 0 Å². The second kappa shape index (κ2) is 3.74. The third kappa shape index (κ3) is 1.91. The highest BCUT2D eigenvalue weighted by molar-refractivity contribution is 5.02. The van der Waals surface area contributed by atoms with Crippen molar-refractivity contribution >= 4 is 0 Å². The summed E-state index contributed by atoms with van der Waals surface area (Å²) in [5.41, 5.74) is 9.93. The minimum Gasteiger partial charge on any atom is -0.328 e. The largest absolute Gasteiger partial charge is 0.328 e. The summed E-state index contributed by atoms with van der Waals surface area (Å²) in [6.45, 7) is 3.10. The lowest BCUT2D eigenvalue weighted by atomic mass is 9.64. The SMILES string of the molecule is CC(C)(C(F)F)C1(N)CCC(N)CC1. The number of hydrogen-bond acceptors (Lipinski definition) is 2. The topological polar surface area (TPSA) is 52.0 Å². The molecule has 0 bridgehead atoms. The fourth-order valence-electron chi connectivity index (χ4n) is 2.02. The number of alkyl halides is 2. The Hall–Kier alpha value is -0.220. The molecular weight excluding hydrogens is 186 g/mol. The number of halogens is 2. The molecule has 0 radical (unpaired) electrons. The Morgan fingerprint density at radius 2 is 1.71 bits per heavy atom. The van der Waals surface area contributed by atoms with Gasteiger partial charge in [0.15, 0.2) is 0 Å². The molecule has 0 aromatic heterocycles. The highest BCUT2D eigenvalue weighted by Crippen LogP contribution is 2.43. The van der Waals surface area contributed by atoms with Crippen LogP contribution < -0.4 is 11.5 Å². The van der Waals surface area contributed by atoms with E-state index in [1.54, 1.807) is 13.8 Å². The first-order chi connectivity index (χ1) is 6.29. The summed E-state index contributed by atoms with van der Waals surface area (Å²) >= 11 is 0. The molecule has 0 aromatic carbocycles. The van der Waals surface area contributed by atoms with Crippen LogP contribution in [0.3, 0.4) is 0 Å². The van der Waals surface area contributed by atoms with Gasteiger partial charge >= 0.3 is 0 Å². The lowest BCUT2D eigenvalue weighted by molar-refractivity contribution is -0.0488. The molecule has 2 nitrogen and oxygen atoms in total. The fraction of sp³-hybridized carbons (Fsp3) is 1.00. The van der Waals surface area contributed by atoms with Crippen LogP contribution in [0.1, 0.15) is 39.5 Å². The van der Waals surface area contributed by atoms with Crippen LogP contribution in [0.2, 0.25) is 0 Å². The van der Waals surface area contributed by atoms with Crippen molar-refractivity contribution in [3.05, 3.63) is 0 Å². The molecule has 1 rings (SSSR count). The van der Waals surface area contributed by atoms with Gasteiger partial charge in [-0.05, 0) is 25.7 Å². The van der Waals surface area contributed by atoms with Crippen LogP contribution in [0.4, 0.5) is 8.78 Å². The van der Waals surface area contributed by atoms with E-state index in [-0.39, 0.29) is 6.04 Å². The van der Waals surface area contributed by atoms with E-state index in [4.69, 9.17) is 11.5 Å². The van der Waals surface area contributed by atoms with E-state index in [1.165, 1.54) is 0 Å². The van der Waals surface area contributed by atoms with E-state index in [2.05, 4.69) is 0 Å². The maximum absolute atomic E-state index is 12.8. The highest BCUT2D eigenvalue weighted by Gasteiger charge is 2.49. The van der Waals surface area contributed by atoms with Crippen molar-refractivity contribution in [1.82, 2.24) is 0 Å². The van der Waals surface area contributed by atoms with Gasteiger partial charge in [0, 0.05) is 17.0 Å². The normalized spacial score (nSPS) is 34.9. The molecule has 1 aliphatic rings. The Morgan fingerprint density at radius 1 is 1.29 bits per heavy atom. The zero-order chi connectivity index (χ0) is 11.0. The van der Waals surface area contributed by atoms with Gasteiger partial charge in [0.2, 0.25) is 6.43 Å². The average molecular weight is 206 g/mol. The van der Waals surface area contributed by atoms with Gasteiger partial charge in [-0.3, -0.25) is 0 Å². The Balaban J connectivity index is 2.75. The first-order valence-electron chi connectivity index (χ1n) is 5.12. The molecule has 0 spiro atoms. The molecule has 0 aromatic rings. The van der Waals surface area contributed by atoms with Gasteiger partial charge in [-0.2, -0.15) is 0 Å². The van der Waals surface area contributed by atoms with E-state index in [1.807, 2.05) is 0 Å². The van der Waals surface area contributed by atoms with Crippen molar-refractivity contribution in [2.24, 2.45) is 16.9 Å². The Morgan fingerprint density at radius 3 is 2.07 bits per heavy atom. The molecule has 0 amide bonds. The highest BCUT2D eigenvalue weighted by atomic mass is 19.3. The minimum atomic E-state index is -2.37. The predicted octanol–water partition coefficient (Wildman–Crippen LogP) is 1.88. The summed E-state index contributed by atoms with van der Waals surface area (Å²) < 4.78 is 25.7. The van der Waals surface area contributed by atoms with Gasteiger partial charge in [-0.25, -0.2) is 8.78 Å². The Labute approximate surface area is 84.0 Å². The average Bonchev–Trinajstić information content (AvgIpc) is 2.10. The third-order valence-electron chi connectivity index (χ3n) is 3.75. The van der Waals surface area contributed by atoms with Crippen LogP contribution in [-0.4, -0.2) is 18.0 Å². The molecule has 1 fully saturated rings. The zero-order valence-corrected chi connectivity index (χ0v) is 8.89. The van der Waals surface area contributed by atoms with E-state index in [9.17, 15) is 8.78 Å². The zero-order valence-electron chi connectivity index (χ0n) is 8.89. The molecule has 4 heteroatoms. The summed E-state index contributed by atoms with van der Waals surface area (Å²) in [5, 5.41) is 0. The van der Waals surface area contributed by atoms with E-state index >= 15 is 0 Å². The molecule has 0 atom stereocenters. The van der Waals surface area contributed by atoms with Crippen molar-refractivity contribution in [3.63, 3.8) is 0 Å². The number of hydrogen-bond donors (Lipinski definition) is 2. The number of nitrogens with two attached hydrogens (primary N) is 2.